The van der Waals surface area contributed by atoms with E-state index in [1.54, 1.807) is 0 Å². The summed E-state index contributed by atoms with van der Waals surface area (Å²) in [4.78, 5) is 12.2. The standard InChI is InChI=1S/C17H20N2O3S/c1-19(23(2,21)22)13-16(20)18-17(14-9-5-3-6-10-14)15-11-7-4-8-12-15/h3-12,17H,13H2,1-2H3,(H,18,20). The van der Waals surface area contributed by atoms with E-state index in [9.17, 15) is 13.2 Å². The first kappa shape index (κ1) is 17.2. The zero-order chi connectivity index (χ0) is 16.9. The van der Waals surface area contributed by atoms with Crippen LogP contribution in [0.15, 0.2) is 60.7 Å². The van der Waals surface area contributed by atoms with Crippen LogP contribution < -0.4 is 5.32 Å². The number of hydrogen-bond acceptors (Lipinski definition) is 3. The van der Waals surface area contributed by atoms with Crippen LogP contribution in [0.5, 0.6) is 0 Å². The summed E-state index contributed by atoms with van der Waals surface area (Å²) in [5.74, 6) is -0.351. The predicted octanol–water partition coefficient (Wildman–Crippen LogP) is 1.78. The normalized spacial score (nSPS) is 11.7. The maximum absolute atomic E-state index is 12.2. The highest BCUT2D eigenvalue weighted by Crippen LogP contribution is 2.21. The van der Waals surface area contributed by atoms with Crippen molar-refractivity contribution >= 4 is 15.9 Å². The van der Waals surface area contributed by atoms with Crippen molar-refractivity contribution in [2.24, 2.45) is 0 Å². The molecule has 2 aromatic rings. The number of hydrogen-bond donors (Lipinski definition) is 1. The van der Waals surface area contributed by atoms with Gasteiger partial charge in [-0.2, -0.15) is 4.31 Å². The van der Waals surface area contributed by atoms with Crippen molar-refractivity contribution in [1.82, 2.24) is 9.62 Å². The van der Waals surface area contributed by atoms with Gasteiger partial charge in [-0.1, -0.05) is 60.7 Å². The summed E-state index contributed by atoms with van der Waals surface area (Å²) in [5, 5.41) is 2.91. The van der Waals surface area contributed by atoms with E-state index in [1.165, 1.54) is 7.05 Å². The van der Waals surface area contributed by atoms with Crippen molar-refractivity contribution in [3.05, 3.63) is 71.8 Å². The van der Waals surface area contributed by atoms with Gasteiger partial charge in [-0.25, -0.2) is 8.42 Å². The van der Waals surface area contributed by atoms with Crippen LogP contribution >= 0.6 is 0 Å². The number of sulfonamides is 1. The van der Waals surface area contributed by atoms with E-state index in [2.05, 4.69) is 5.32 Å². The molecule has 23 heavy (non-hydrogen) atoms. The zero-order valence-corrected chi connectivity index (χ0v) is 14.0. The third kappa shape index (κ3) is 4.91. The number of likely N-dealkylation sites (N-methyl/N-ethyl adjacent to an activating group) is 1. The number of benzene rings is 2. The SMILES string of the molecule is CN(CC(=O)NC(c1ccccc1)c1ccccc1)S(C)(=O)=O. The Hall–Kier alpha value is -2.18. The minimum atomic E-state index is -3.39. The smallest absolute Gasteiger partial charge is 0.236 e. The largest absolute Gasteiger partial charge is 0.344 e. The molecule has 0 unspecified atom stereocenters. The Balaban J connectivity index is 2.21. The lowest BCUT2D eigenvalue weighted by molar-refractivity contribution is -0.121. The predicted molar refractivity (Wildman–Crippen MR) is 90.3 cm³/mol. The molecule has 0 aliphatic rings. The zero-order valence-electron chi connectivity index (χ0n) is 13.1. The monoisotopic (exact) mass is 332 g/mol. The molecule has 6 heteroatoms. The van der Waals surface area contributed by atoms with E-state index in [0.29, 0.717) is 0 Å². The van der Waals surface area contributed by atoms with Crippen molar-refractivity contribution < 1.29 is 13.2 Å². The first-order valence-corrected chi connectivity index (χ1v) is 9.03. The van der Waals surface area contributed by atoms with Crippen LogP contribution in [0.3, 0.4) is 0 Å². The summed E-state index contributed by atoms with van der Waals surface area (Å²) in [7, 11) is -2.01. The lowest BCUT2D eigenvalue weighted by Gasteiger charge is -2.21. The number of nitrogens with one attached hydrogen (secondary N) is 1. The molecule has 122 valence electrons. The number of nitrogens with zero attached hydrogens (tertiary/aromatic N) is 1. The third-order valence-corrected chi connectivity index (χ3v) is 4.76. The van der Waals surface area contributed by atoms with Crippen LogP contribution in [0, 0.1) is 0 Å². The Morgan fingerprint density at radius 1 is 1.00 bits per heavy atom. The fourth-order valence-corrected chi connectivity index (χ4v) is 2.53. The first-order valence-electron chi connectivity index (χ1n) is 7.18. The van der Waals surface area contributed by atoms with E-state index in [-0.39, 0.29) is 18.5 Å². The number of rotatable bonds is 6. The molecule has 5 nitrogen and oxygen atoms in total. The van der Waals surface area contributed by atoms with Gasteiger partial charge in [-0.15, -0.1) is 0 Å². The number of carbonyl (C=O) groups is 1. The van der Waals surface area contributed by atoms with E-state index in [4.69, 9.17) is 0 Å². The van der Waals surface area contributed by atoms with Crippen LogP contribution in [0.4, 0.5) is 0 Å². The minimum absolute atomic E-state index is 0.213. The molecule has 0 saturated heterocycles. The number of carbonyl (C=O) groups excluding carboxylic acids is 1. The molecule has 1 amide bonds. The Bertz CT molecular complexity index is 706. The maximum Gasteiger partial charge on any atom is 0.236 e. The highest BCUT2D eigenvalue weighted by atomic mass is 32.2. The van der Waals surface area contributed by atoms with Crippen molar-refractivity contribution in [2.45, 2.75) is 6.04 Å². The molecule has 0 spiro atoms. The quantitative estimate of drug-likeness (QED) is 0.877. The second-order valence-electron chi connectivity index (χ2n) is 5.34. The van der Waals surface area contributed by atoms with Gasteiger partial charge in [0.25, 0.3) is 0 Å². The van der Waals surface area contributed by atoms with Gasteiger partial charge in [-0.3, -0.25) is 4.79 Å². The third-order valence-electron chi connectivity index (χ3n) is 3.50. The minimum Gasteiger partial charge on any atom is -0.344 e. The average molecular weight is 332 g/mol. The second kappa shape index (κ2) is 7.39. The lowest BCUT2D eigenvalue weighted by Crippen LogP contribution is -2.39. The molecule has 0 atom stereocenters. The summed E-state index contributed by atoms with van der Waals surface area (Å²) in [6.45, 7) is -0.213. The summed E-state index contributed by atoms with van der Waals surface area (Å²) >= 11 is 0. The Morgan fingerprint density at radius 3 is 1.83 bits per heavy atom. The molecule has 0 fully saturated rings. The van der Waals surface area contributed by atoms with Crippen molar-refractivity contribution in [3.8, 4) is 0 Å². The van der Waals surface area contributed by atoms with Crippen molar-refractivity contribution in [2.75, 3.05) is 19.8 Å². The maximum atomic E-state index is 12.2. The molecule has 2 aromatic carbocycles. The molecule has 0 bridgehead atoms. The summed E-state index contributed by atoms with van der Waals surface area (Å²) in [5.41, 5.74) is 1.88. The van der Waals surface area contributed by atoms with E-state index in [1.807, 2.05) is 60.7 Å². The Kier molecular flexibility index (Phi) is 5.52. The molecule has 0 aliphatic carbocycles. The fraction of sp³-hybridized carbons (Fsp3) is 0.235. The first-order chi connectivity index (χ1) is 10.9. The lowest BCUT2D eigenvalue weighted by atomic mass is 9.99. The highest BCUT2D eigenvalue weighted by Gasteiger charge is 2.20. The molecule has 2 rings (SSSR count). The molecular formula is C17H20N2O3S. The van der Waals surface area contributed by atoms with Crippen LogP contribution in [-0.2, 0) is 14.8 Å². The van der Waals surface area contributed by atoms with Gasteiger partial charge in [0.1, 0.15) is 0 Å². The molecule has 0 aromatic heterocycles. The van der Waals surface area contributed by atoms with Gasteiger partial charge in [0.05, 0.1) is 18.8 Å². The summed E-state index contributed by atoms with van der Waals surface area (Å²) < 4.78 is 23.9. The Labute approximate surface area is 137 Å². The van der Waals surface area contributed by atoms with Crippen molar-refractivity contribution in [3.63, 3.8) is 0 Å². The van der Waals surface area contributed by atoms with Gasteiger partial charge in [-0.05, 0) is 11.1 Å². The van der Waals surface area contributed by atoms with Gasteiger partial charge in [0, 0.05) is 7.05 Å². The van der Waals surface area contributed by atoms with Crippen molar-refractivity contribution in [1.29, 1.82) is 0 Å². The highest BCUT2D eigenvalue weighted by molar-refractivity contribution is 7.88. The summed E-state index contributed by atoms with van der Waals surface area (Å²) in [6, 6.07) is 18.8. The molecule has 0 radical (unpaired) electrons. The average Bonchev–Trinajstić information content (AvgIpc) is 2.53. The topological polar surface area (TPSA) is 66.5 Å². The molecule has 0 saturated carbocycles. The van der Waals surface area contributed by atoms with Gasteiger partial charge < -0.3 is 5.32 Å². The second-order valence-corrected chi connectivity index (χ2v) is 7.43. The fourth-order valence-electron chi connectivity index (χ4n) is 2.18. The van der Waals surface area contributed by atoms with E-state index >= 15 is 0 Å². The molecule has 1 N–H and O–H groups in total. The van der Waals surface area contributed by atoms with Gasteiger partial charge >= 0.3 is 0 Å². The molecule has 0 heterocycles. The molecular weight excluding hydrogens is 312 g/mol. The Morgan fingerprint density at radius 2 is 1.43 bits per heavy atom. The number of amides is 1. The van der Waals surface area contributed by atoms with Crippen LogP contribution in [0.2, 0.25) is 0 Å². The van der Waals surface area contributed by atoms with E-state index < -0.39 is 10.0 Å². The van der Waals surface area contributed by atoms with Gasteiger partial charge in [0.15, 0.2) is 0 Å². The van der Waals surface area contributed by atoms with E-state index in [0.717, 1.165) is 21.7 Å². The van der Waals surface area contributed by atoms with Crippen LogP contribution in [-0.4, -0.2) is 38.5 Å². The van der Waals surface area contributed by atoms with Gasteiger partial charge in [0.2, 0.25) is 15.9 Å². The molecule has 0 aliphatic heterocycles. The summed E-state index contributed by atoms with van der Waals surface area (Å²) in [6.07, 6.45) is 1.08. The van der Waals surface area contributed by atoms with Crippen LogP contribution in [0.25, 0.3) is 0 Å². The van der Waals surface area contributed by atoms with Crippen LogP contribution in [0.1, 0.15) is 17.2 Å².